The van der Waals surface area contributed by atoms with E-state index in [2.05, 4.69) is 29.1 Å². The highest BCUT2D eigenvalue weighted by atomic mass is 19.4. The van der Waals surface area contributed by atoms with Gasteiger partial charge in [0.05, 0.1) is 6.61 Å². The number of rotatable bonds is 10. The van der Waals surface area contributed by atoms with Gasteiger partial charge in [-0.2, -0.15) is 18.2 Å². The highest BCUT2D eigenvalue weighted by Crippen LogP contribution is 2.35. The first-order valence-corrected chi connectivity index (χ1v) is 9.37. The van der Waals surface area contributed by atoms with Gasteiger partial charge in [-0.1, -0.05) is 51.7 Å². The van der Waals surface area contributed by atoms with E-state index in [1.807, 2.05) is 24.3 Å². The number of nitrogens with one attached hydrogen (secondary N) is 1. The van der Waals surface area contributed by atoms with Crippen molar-refractivity contribution in [1.82, 2.24) is 9.97 Å². The Bertz CT molecular complexity index is 720. The van der Waals surface area contributed by atoms with E-state index in [-0.39, 0.29) is 12.6 Å². The summed E-state index contributed by atoms with van der Waals surface area (Å²) in [6, 6.07) is 7.66. The van der Waals surface area contributed by atoms with Crippen molar-refractivity contribution in [3.63, 3.8) is 0 Å². The number of unbranched alkanes of at least 4 members (excludes halogenated alkanes) is 3. The summed E-state index contributed by atoms with van der Waals surface area (Å²) in [5.74, 6) is -0.346. The summed E-state index contributed by atoms with van der Waals surface area (Å²) in [5, 5.41) is 2.96. The second kappa shape index (κ2) is 10.1. The van der Waals surface area contributed by atoms with Crippen LogP contribution in [0.15, 0.2) is 30.5 Å². The molecule has 4 nitrogen and oxygen atoms in total. The van der Waals surface area contributed by atoms with Crippen LogP contribution in [0.4, 0.5) is 24.8 Å². The minimum atomic E-state index is -4.56. The summed E-state index contributed by atoms with van der Waals surface area (Å²) in [4.78, 5) is 7.78. The van der Waals surface area contributed by atoms with Gasteiger partial charge in [-0.3, -0.25) is 0 Å². The van der Waals surface area contributed by atoms with E-state index < -0.39 is 17.6 Å². The molecule has 0 atom stereocenters. The summed E-state index contributed by atoms with van der Waals surface area (Å²) in [7, 11) is 0. The van der Waals surface area contributed by atoms with Crippen LogP contribution < -0.4 is 10.1 Å². The molecular weight excluding hydrogens is 355 g/mol. The fourth-order valence-electron chi connectivity index (χ4n) is 2.65. The summed E-state index contributed by atoms with van der Waals surface area (Å²) >= 11 is 0. The maximum absolute atomic E-state index is 13.2. The zero-order valence-electron chi connectivity index (χ0n) is 15.8. The third-order valence-electron chi connectivity index (χ3n) is 4.02. The molecule has 27 heavy (non-hydrogen) atoms. The average molecular weight is 381 g/mol. The van der Waals surface area contributed by atoms with Crippen LogP contribution in [0.3, 0.4) is 0 Å². The Morgan fingerprint density at radius 2 is 1.89 bits per heavy atom. The van der Waals surface area contributed by atoms with Crippen LogP contribution in [-0.2, 0) is 12.6 Å². The highest BCUT2D eigenvalue weighted by Gasteiger charge is 2.36. The van der Waals surface area contributed by atoms with Gasteiger partial charge in [0.15, 0.2) is 0 Å². The van der Waals surface area contributed by atoms with E-state index in [9.17, 15) is 13.2 Å². The minimum absolute atomic E-state index is 0.0835. The number of halogens is 3. The van der Waals surface area contributed by atoms with Crippen molar-refractivity contribution in [1.29, 1.82) is 0 Å². The molecule has 1 N–H and O–H groups in total. The molecule has 0 aliphatic carbocycles. The molecule has 0 radical (unpaired) electrons. The topological polar surface area (TPSA) is 47.0 Å². The number of nitrogens with zero attached hydrogens (tertiary/aromatic N) is 2. The molecule has 0 amide bonds. The van der Waals surface area contributed by atoms with E-state index in [1.54, 1.807) is 0 Å². The predicted molar refractivity (Wildman–Crippen MR) is 100 cm³/mol. The zero-order valence-corrected chi connectivity index (χ0v) is 15.8. The van der Waals surface area contributed by atoms with Gasteiger partial charge in [0.1, 0.15) is 5.56 Å². The second-order valence-corrected chi connectivity index (χ2v) is 6.39. The first-order valence-electron chi connectivity index (χ1n) is 9.37. The van der Waals surface area contributed by atoms with Gasteiger partial charge in [-0.15, -0.1) is 0 Å². The maximum atomic E-state index is 13.2. The molecule has 0 saturated carbocycles. The van der Waals surface area contributed by atoms with E-state index >= 15 is 0 Å². The van der Waals surface area contributed by atoms with Crippen LogP contribution in [0.2, 0.25) is 0 Å². The molecule has 1 aromatic carbocycles. The normalized spacial score (nSPS) is 11.4. The van der Waals surface area contributed by atoms with Gasteiger partial charge in [-0.25, -0.2) is 4.98 Å². The third kappa shape index (κ3) is 6.73. The zero-order chi connectivity index (χ0) is 19.7. The molecular formula is C20H26F3N3O. The van der Waals surface area contributed by atoms with E-state index in [4.69, 9.17) is 4.74 Å². The second-order valence-electron chi connectivity index (χ2n) is 6.39. The smallest absolute Gasteiger partial charge is 0.423 e. The van der Waals surface area contributed by atoms with Crippen molar-refractivity contribution in [3.8, 4) is 5.88 Å². The number of benzene rings is 1. The Kier molecular flexibility index (Phi) is 7.88. The lowest BCUT2D eigenvalue weighted by atomic mass is 10.1. The molecule has 7 heteroatoms. The summed E-state index contributed by atoms with van der Waals surface area (Å²) in [5.41, 5.74) is 0.916. The van der Waals surface area contributed by atoms with Gasteiger partial charge in [0.25, 0.3) is 0 Å². The van der Waals surface area contributed by atoms with Gasteiger partial charge in [0.2, 0.25) is 11.8 Å². The van der Waals surface area contributed by atoms with Crippen LogP contribution >= 0.6 is 0 Å². The van der Waals surface area contributed by atoms with Gasteiger partial charge >= 0.3 is 6.18 Å². The van der Waals surface area contributed by atoms with Crippen LogP contribution in [0.1, 0.15) is 57.1 Å². The van der Waals surface area contributed by atoms with E-state index in [0.717, 1.165) is 49.6 Å². The van der Waals surface area contributed by atoms with Crippen LogP contribution in [-0.4, -0.2) is 16.6 Å². The monoisotopic (exact) mass is 381 g/mol. The Morgan fingerprint density at radius 1 is 1.07 bits per heavy atom. The molecule has 2 rings (SSSR count). The average Bonchev–Trinajstić information content (AvgIpc) is 2.61. The largest absolute Gasteiger partial charge is 0.477 e. The van der Waals surface area contributed by atoms with E-state index in [1.165, 1.54) is 0 Å². The van der Waals surface area contributed by atoms with Gasteiger partial charge in [-0.05, 0) is 30.5 Å². The maximum Gasteiger partial charge on any atom is 0.423 e. The van der Waals surface area contributed by atoms with Crippen LogP contribution in [0, 0.1) is 0 Å². The molecule has 0 aliphatic heterocycles. The number of hydrogen-bond acceptors (Lipinski definition) is 4. The predicted octanol–water partition coefficient (Wildman–Crippen LogP) is 6.15. The molecule has 1 heterocycles. The number of alkyl halides is 3. The van der Waals surface area contributed by atoms with E-state index in [0.29, 0.717) is 6.42 Å². The van der Waals surface area contributed by atoms with Crippen molar-refractivity contribution in [2.24, 2.45) is 0 Å². The standard InChI is InChI=1S/C20H26F3N3O/c1-3-5-6-7-12-27-18-17(20(21,22)23)14-24-19(26-18)25-16-11-8-10-15(13-16)9-4-2/h8,10-11,13-14H,3-7,9,12H2,1-2H3,(H,24,25,26). The molecule has 2 aromatic rings. The Labute approximate surface area is 158 Å². The number of hydrogen-bond donors (Lipinski definition) is 1. The summed E-state index contributed by atoms with van der Waals surface area (Å²) in [6.45, 7) is 4.36. The SMILES string of the molecule is CCCCCCOc1nc(Nc2cccc(CCC)c2)ncc1C(F)(F)F. The number of aromatic nitrogens is 2. The van der Waals surface area contributed by atoms with Crippen molar-refractivity contribution in [2.75, 3.05) is 11.9 Å². The number of anilines is 2. The molecule has 0 spiro atoms. The Morgan fingerprint density at radius 3 is 2.59 bits per heavy atom. The quantitative estimate of drug-likeness (QED) is 0.501. The number of ether oxygens (including phenoxy) is 1. The molecule has 148 valence electrons. The van der Waals surface area contributed by atoms with Crippen molar-refractivity contribution in [3.05, 3.63) is 41.6 Å². The molecule has 0 aliphatic rings. The van der Waals surface area contributed by atoms with Crippen LogP contribution in [0.25, 0.3) is 0 Å². The minimum Gasteiger partial charge on any atom is -0.477 e. The lowest BCUT2D eigenvalue weighted by Gasteiger charge is -2.14. The first kappa shape index (κ1) is 21.0. The Balaban J connectivity index is 2.15. The lowest BCUT2D eigenvalue weighted by Crippen LogP contribution is -2.13. The van der Waals surface area contributed by atoms with Crippen LogP contribution in [0.5, 0.6) is 5.88 Å². The fraction of sp³-hybridized carbons (Fsp3) is 0.500. The molecule has 0 fully saturated rings. The lowest BCUT2D eigenvalue weighted by molar-refractivity contribution is -0.139. The first-order chi connectivity index (χ1) is 12.9. The fourth-order valence-corrected chi connectivity index (χ4v) is 2.65. The molecule has 0 bridgehead atoms. The van der Waals surface area contributed by atoms with Gasteiger partial charge in [0, 0.05) is 11.9 Å². The van der Waals surface area contributed by atoms with Crippen molar-refractivity contribution in [2.45, 2.75) is 58.5 Å². The molecule has 1 aromatic heterocycles. The van der Waals surface area contributed by atoms with Crippen molar-refractivity contribution < 1.29 is 17.9 Å². The third-order valence-corrected chi connectivity index (χ3v) is 4.02. The summed E-state index contributed by atoms with van der Waals surface area (Å²) < 4.78 is 44.9. The Hall–Kier alpha value is -2.31. The molecule has 0 unspecified atom stereocenters. The van der Waals surface area contributed by atoms with Gasteiger partial charge < -0.3 is 10.1 Å². The highest BCUT2D eigenvalue weighted by molar-refractivity contribution is 5.55. The van der Waals surface area contributed by atoms with Crippen molar-refractivity contribution >= 4 is 11.6 Å². The number of aryl methyl sites for hydroxylation is 1. The summed E-state index contributed by atoms with van der Waals surface area (Å²) in [6.07, 6.45) is 1.83. The molecule has 0 saturated heterocycles.